The van der Waals surface area contributed by atoms with E-state index in [1.54, 1.807) is 15.7 Å². The molecule has 1 aliphatic rings. The predicted molar refractivity (Wildman–Crippen MR) is 118 cm³/mol. The van der Waals surface area contributed by atoms with Crippen molar-refractivity contribution in [2.75, 3.05) is 40.3 Å². The van der Waals surface area contributed by atoms with E-state index in [2.05, 4.69) is 5.32 Å². The summed E-state index contributed by atoms with van der Waals surface area (Å²) in [5, 5.41) is 12.1. The molecule has 1 aliphatic heterocycles. The Balaban J connectivity index is 1.92. The topological polar surface area (TPSA) is 94.9 Å². The lowest BCUT2D eigenvalue weighted by molar-refractivity contribution is -0.135. The highest BCUT2D eigenvalue weighted by molar-refractivity contribution is 5.95. The van der Waals surface area contributed by atoms with Gasteiger partial charge in [-0.2, -0.15) is 0 Å². The number of amides is 2. The van der Waals surface area contributed by atoms with Crippen LogP contribution in [0.3, 0.4) is 0 Å². The number of aliphatic hydroxyl groups excluding tert-OH is 1. The van der Waals surface area contributed by atoms with Crippen molar-refractivity contribution >= 4 is 11.8 Å². The van der Waals surface area contributed by atoms with Crippen molar-refractivity contribution in [2.45, 2.75) is 25.9 Å². The normalized spacial score (nSPS) is 13.2. The molecule has 166 valence electrons. The number of nitrogens with zero attached hydrogens (tertiary/aromatic N) is 3. The van der Waals surface area contributed by atoms with Gasteiger partial charge < -0.3 is 24.8 Å². The average molecular weight is 427 g/mol. The summed E-state index contributed by atoms with van der Waals surface area (Å²) in [5.41, 5.74) is 2.43. The van der Waals surface area contributed by atoms with Crippen LogP contribution in [0.1, 0.15) is 27.0 Å². The summed E-state index contributed by atoms with van der Waals surface area (Å²) in [7, 11) is 3.83. The van der Waals surface area contributed by atoms with E-state index in [9.17, 15) is 19.5 Å². The minimum atomic E-state index is -0.555. The fourth-order valence-corrected chi connectivity index (χ4v) is 3.80. The Kier molecular flexibility index (Phi) is 7.59. The van der Waals surface area contributed by atoms with Gasteiger partial charge in [-0.15, -0.1) is 0 Å². The minimum absolute atomic E-state index is 0.167. The Bertz CT molecular complexity index is 985. The van der Waals surface area contributed by atoms with Crippen molar-refractivity contribution in [3.63, 3.8) is 0 Å². The smallest absolute Gasteiger partial charge is 0.263 e. The van der Waals surface area contributed by atoms with Crippen molar-refractivity contribution in [2.24, 2.45) is 0 Å². The monoisotopic (exact) mass is 426 g/mol. The molecule has 0 atom stereocenters. The van der Waals surface area contributed by atoms with Crippen molar-refractivity contribution in [3.8, 4) is 0 Å². The van der Waals surface area contributed by atoms with E-state index >= 15 is 0 Å². The molecular weight excluding hydrogens is 396 g/mol. The molecule has 0 spiro atoms. The number of pyridine rings is 1. The van der Waals surface area contributed by atoms with Gasteiger partial charge in [-0.1, -0.05) is 30.3 Å². The molecule has 31 heavy (non-hydrogen) atoms. The maximum absolute atomic E-state index is 13.2. The van der Waals surface area contributed by atoms with Crippen LogP contribution in [0.15, 0.2) is 41.3 Å². The molecule has 0 bridgehead atoms. The van der Waals surface area contributed by atoms with Gasteiger partial charge in [0.1, 0.15) is 12.2 Å². The van der Waals surface area contributed by atoms with Gasteiger partial charge in [0, 0.05) is 38.9 Å². The summed E-state index contributed by atoms with van der Waals surface area (Å²) >= 11 is 0. The maximum atomic E-state index is 13.2. The summed E-state index contributed by atoms with van der Waals surface area (Å²) < 4.78 is 1.57. The number of benzene rings is 1. The Morgan fingerprint density at radius 3 is 2.61 bits per heavy atom. The maximum Gasteiger partial charge on any atom is 0.263 e. The SMILES string of the molecule is CN(C)CCNC(=O)c1c2c(cn(CCc3ccccc3)c1=O)CN(C(=O)CO)CC2. The van der Waals surface area contributed by atoms with E-state index in [-0.39, 0.29) is 29.5 Å². The van der Waals surface area contributed by atoms with Crippen LogP contribution in [-0.2, 0) is 30.7 Å². The molecule has 3 rings (SSSR count). The molecule has 0 aliphatic carbocycles. The predicted octanol–water partition coefficient (Wildman–Crippen LogP) is 0.259. The van der Waals surface area contributed by atoms with Gasteiger partial charge in [-0.3, -0.25) is 14.4 Å². The lowest BCUT2D eigenvalue weighted by Crippen LogP contribution is -2.43. The summed E-state index contributed by atoms with van der Waals surface area (Å²) in [6.45, 7) is 1.63. The highest BCUT2D eigenvalue weighted by atomic mass is 16.3. The molecule has 0 unspecified atom stereocenters. The number of rotatable bonds is 8. The molecule has 2 amide bonds. The molecule has 8 nitrogen and oxygen atoms in total. The average Bonchev–Trinajstić information content (AvgIpc) is 2.77. The molecule has 8 heteroatoms. The number of carbonyl (C=O) groups excluding carboxylic acids is 2. The van der Waals surface area contributed by atoms with Crippen LogP contribution in [0, 0.1) is 0 Å². The van der Waals surface area contributed by atoms with Gasteiger partial charge in [0.25, 0.3) is 11.5 Å². The number of hydrogen-bond acceptors (Lipinski definition) is 5. The second-order valence-corrected chi connectivity index (χ2v) is 8.02. The lowest BCUT2D eigenvalue weighted by Gasteiger charge is -2.30. The Labute approximate surface area is 182 Å². The zero-order valence-corrected chi connectivity index (χ0v) is 18.1. The second-order valence-electron chi connectivity index (χ2n) is 8.02. The zero-order chi connectivity index (χ0) is 22.4. The number of carbonyl (C=O) groups is 2. The molecule has 0 fully saturated rings. The number of aryl methyl sites for hydroxylation is 2. The summed E-state index contributed by atoms with van der Waals surface area (Å²) in [5.74, 6) is -0.733. The fraction of sp³-hybridized carbons (Fsp3) is 0.435. The summed E-state index contributed by atoms with van der Waals surface area (Å²) in [4.78, 5) is 41.7. The largest absolute Gasteiger partial charge is 0.387 e. The van der Waals surface area contributed by atoms with E-state index in [1.165, 1.54) is 0 Å². The standard InChI is InChI=1S/C23H30N4O4/c1-25(2)13-10-24-22(30)21-19-9-12-26(20(29)16-28)14-18(19)15-27(23(21)31)11-8-17-6-4-3-5-7-17/h3-7,15,28H,8-14,16H2,1-2H3,(H,24,30). The molecule has 1 aromatic carbocycles. The van der Waals surface area contributed by atoms with E-state index in [1.807, 2.05) is 49.3 Å². The van der Waals surface area contributed by atoms with Crippen LogP contribution in [-0.4, -0.2) is 71.6 Å². The number of aromatic nitrogens is 1. The third kappa shape index (κ3) is 5.59. The first-order valence-corrected chi connectivity index (χ1v) is 10.5. The van der Waals surface area contributed by atoms with Gasteiger partial charge in [-0.05, 0) is 43.6 Å². The summed E-state index contributed by atoms with van der Waals surface area (Å²) in [6, 6.07) is 9.84. The van der Waals surface area contributed by atoms with Crippen molar-refractivity contribution < 1.29 is 14.7 Å². The molecule has 0 saturated heterocycles. The third-order valence-electron chi connectivity index (χ3n) is 5.51. The van der Waals surface area contributed by atoms with Crippen molar-refractivity contribution in [1.82, 2.24) is 19.7 Å². The number of aliphatic hydroxyl groups is 1. The first-order valence-electron chi connectivity index (χ1n) is 10.5. The quantitative estimate of drug-likeness (QED) is 0.632. The molecule has 2 N–H and O–H groups in total. The van der Waals surface area contributed by atoms with Gasteiger partial charge in [0.2, 0.25) is 5.91 Å². The van der Waals surface area contributed by atoms with Gasteiger partial charge >= 0.3 is 0 Å². The van der Waals surface area contributed by atoms with E-state index in [4.69, 9.17) is 0 Å². The third-order valence-corrected chi connectivity index (χ3v) is 5.51. The number of fused-ring (bicyclic) bond motifs is 1. The van der Waals surface area contributed by atoms with Crippen molar-refractivity contribution in [1.29, 1.82) is 0 Å². The fourth-order valence-electron chi connectivity index (χ4n) is 3.80. The first kappa shape index (κ1) is 22.7. The van der Waals surface area contributed by atoms with Crippen LogP contribution in [0.5, 0.6) is 0 Å². The van der Waals surface area contributed by atoms with Crippen LogP contribution in [0.25, 0.3) is 0 Å². The Morgan fingerprint density at radius 1 is 1.19 bits per heavy atom. The van der Waals surface area contributed by atoms with Gasteiger partial charge in [0.15, 0.2) is 0 Å². The van der Waals surface area contributed by atoms with E-state index in [0.29, 0.717) is 44.6 Å². The van der Waals surface area contributed by atoms with Crippen LogP contribution in [0.2, 0.25) is 0 Å². The van der Waals surface area contributed by atoms with Gasteiger partial charge in [0.05, 0.1) is 0 Å². The highest BCUT2D eigenvalue weighted by Gasteiger charge is 2.27. The Morgan fingerprint density at radius 2 is 1.94 bits per heavy atom. The van der Waals surface area contributed by atoms with E-state index in [0.717, 1.165) is 11.1 Å². The Hall–Kier alpha value is -2.97. The molecule has 0 saturated carbocycles. The first-order chi connectivity index (χ1) is 14.9. The lowest BCUT2D eigenvalue weighted by atomic mass is 9.95. The van der Waals surface area contributed by atoms with E-state index < -0.39 is 6.61 Å². The molecule has 1 aromatic heterocycles. The zero-order valence-electron chi connectivity index (χ0n) is 18.1. The number of likely N-dealkylation sites (N-methyl/N-ethyl adjacent to an activating group) is 1. The van der Waals surface area contributed by atoms with Crippen molar-refractivity contribution in [3.05, 3.63) is 69.1 Å². The minimum Gasteiger partial charge on any atom is -0.387 e. The number of hydrogen-bond donors (Lipinski definition) is 2. The molecular formula is C23H30N4O4. The highest BCUT2D eigenvalue weighted by Crippen LogP contribution is 2.21. The summed E-state index contributed by atoms with van der Waals surface area (Å²) in [6.07, 6.45) is 2.82. The molecule has 2 aromatic rings. The second kappa shape index (κ2) is 10.4. The van der Waals surface area contributed by atoms with Crippen LogP contribution >= 0.6 is 0 Å². The number of nitrogens with one attached hydrogen (secondary N) is 1. The van der Waals surface area contributed by atoms with Gasteiger partial charge in [-0.25, -0.2) is 0 Å². The molecule has 0 radical (unpaired) electrons. The van der Waals surface area contributed by atoms with Crippen LogP contribution < -0.4 is 10.9 Å². The van der Waals surface area contributed by atoms with Crippen LogP contribution in [0.4, 0.5) is 0 Å². The molecule has 2 heterocycles.